The molecule has 0 unspecified atom stereocenters. The number of phenolic OH excluding ortho intramolecular Hbond substituents is 1. The van der Waals surface area contributed by atoms with Crippen molar-refractivity contribution in [3.8, 4) is 5.75 Å². The number of nitrogens with zero attached hydrogens (tertiary/aromatic N) is 1. The molecule has 1 fully saturated rings. The van der Waals surface area contributed by atoms with E-state index >= 15 is 0 Å². The second kappa shape index (κ2) is 6.39. The molecule has 23 heavy (non-hydrogen) atoms. The van der Waals surface area contributed by atoms with Gasteiger partial charge in [-0.15, -0.1) is 0 Å². The maximum Gasteiger partial charge on any atom is 0.410 e. The maximum atomic E-state index is 12.4. The summed E-state index contributed by atoms with van der Waals surface area (Å²) < 4.78 is 30.1. The van der Waals surface area contributed by atoms with Gasteiger partial charge < -0.3 is 14.7 Å². The lowest BCUT2D eigenvalue weighted by atomic mass is 10.2. The van der Waals surface area contributed by atoms with Gasteiger partial charge in [0.1, 0.15) is 11.4 Å². The summed E-state index contributed by atoms with van der Waals surface area (Å²) >= 11 is 0. The lowest BCUT2D eigenvalue weighted by Crippen LogP contribution is -2.35. The number of carbonyl (C=O) groups excluding carboxylic acids is 1. The third-order valence-electron chi connectivity index (χ3n) is 3.59. The van der Waals surface area contributed by atoms with Crippen molar-refractivity contribution in [2.75, 3.05) is 18.8 Å². The molecule has 1 saturated heterocycles. The first-order chi connectivity index (χ1) is 10.6. The number of amides is 1. The van der Waals surface area contributed by atoms with Crippen molar-refractivity contribution in [3.05, 3.63) is 24.3 Å². The molecule has 0 spiro atoms. The van der Waals surface area contributed by atoms with E-state index in [9.17, 15) is 18.3 Å². The van der Waals surface area contributed by atoms with Crippen LogP contribution in [0.25, 0.3) is 0 Å². The Morgan fingerprint density at radius 1 is 1.30 bits per heavy atom. The predicted molar refractivity (Wildman–Crippen MR) is 86.1 cm³/mol. The Morgan fingerprint density at radius 2 is 1.91 bits per heavy atom. The van der Waals surface area contributed by atoms with E-state index in [1.807, 2.05) is 0 Å². The van der Waals surface area contributed by atoms with E-state index in [-0.39, 0.29) is 22.3 Å². The number of aromatic hydroxyl groups is 1. The third-order valence-corrected chi connectivity index (χ3v) is 5.49. The topological polar surface area (TPSA) is 83.9 Å². The van der Waals surface area contributed by atoms with Gasteiger partial charge in [-0.3, -0.25) is 0 Å². The van der Waals surface area contributed by atoms with E-state index in [1.54, 1.807) is 25.7 Å². The van der Waals surface area contributed by atoms with Gasteiger partial charge in [0, 0.05) is 13.1 Å². The number of likely N-dealkylation sites (tertiary alicyclic amines) is 1. The summed E-state index contributed by atoms with van der Waals surface area (Å²) in [6.45, 7) is 6.28. The number of hydrogen-bond donors (Lipinski definition) is 1. The van der Waals surface area contributed by atoms with Crippen LogP contribution in [0, 0.1) is 5.92 Å². The lowest BCUT2D eigenvalue weighted by Gasteiger charge is -2.24. The number of sulfone groups is 1. The molecule has 7 heteroatoms. The number of ether oxygens (including phenoxy) is 1. The normalized spacial score (nSPS) is 18.9. The minimum atomic E-state index is -3.43. The molecule has 1 N–H and O–H groups in total. The van der Waals surface area contributed by atoms with Crippen molar-refractivity contribution in [2.24, 2.45) is 5.92 Å². The summed E-state index contributed by atoms with van der Waals surface area (Å²) in [7, 11) is -3.43. The van der Waals surface area contributed by atoms with Crippen molar-refractivity contribution in [1.82, 2.24) is 4.90 Å². The molecule has 128 valence electrons. The van der Waals surface area contributed by atoms with Crippen LogP contribution < -0.4 is 0 Å². The van der Waals surface area contributed by atoms with Crippen LogP contribution in [0.3, 0.4) is 0 Å². The number of phenols is 1. The highest BCUT2D eigenvalue weighted by atomic mass is 32.2. The van der Waals surface area contributed by atoms with E-state index in [4.69, 9.17) is 4.74 Å². The van der Waals surface area contributed by atoms with Gasteiger partial charge in [-0.2, -0.15) is 0 Å². The van der Waals surface area contributed by atoms with Crippen molar-refractivity contribution >= 4 is 15.9 Å². The average Bonchev–Trinajstić information content (AvgIpc) is 2.85. The molecule has 1 amide bonds. The summed E-state index contributed by atoms with van der Waals surface area (Å²) in [6, 6.07) is 5.50. The molecule has 1 aliphatic rings. The smallest absolute Gasteiger partial charge is 0.410 e. The van der Waals surface area contributed by atoms with Crippen molar-refractivity contribution in [3.63, 3.8) is 0 Å². The van der Waals surface area contributed by atoms with Crippen molar-refractivity contribution in [2.45, 2.75) is 37.7 Å². The average molecular weight is 341 g/mol. The Morgan fingerprint density at radius 3 is 2.48 bits per heavy atom. The van der Waals surface area contributed by atoms with Gasteiger partial charge in [-0.1, -0.05) is 0 Å². The highest BCUT2D eigenvalue weighted by Crippen LogP contribution is 2.24. The van der Waals surface area contributed by atoms with Crippen LogP contribution >= 0.6 is 0 Å². The minimum absolute atomic E-state index is 0.0168. The zero-order valence-corrected chi connectivity index (χ0v) is 14.5. The molecule has 1 aromatic rings. The van der Waals surface area contributed by atoms with E-state index < -0.39 is 21.5 Å². The summed E-state index contributed by atoms with van der Waals surface area (Å²) in [4.78, 5) is 13.7. The maximum absolute atomic E-state index is 12.4. The highest BCUT2D eigenvalue weighted by Gasteiger charge is 2.32. The molecule has 1 atom stereocenters. The van der Waals surface area contributed by atoms with Gasteiger partial charge in [0.15, 0.2) is 9.84 Å². The first-order valence-corrected chi connectivity index (χ1v) is 9.22. The number of hydrogen-bond acceptors (Lipinski definition) is 5. The van der Waals surface area contributed by atoms with Crippen LogP contribution in [-0.4, -0.2) is 49.0 Å². The van der Waals surface area contributed by atoms with Crippen LogP contribution in [0.5, 0.6) is 5.75 Å². The second-order valence-electron chi connectivity index (χ2n) is 6.86. The molecule has 1 heterocycles. The molecular formula is C16H23NO5S. The molecule has 0 bridgehead atoms. The fraction of sp³-hybridized carbons (Fsp3) is 0.562. The van der Waals surface area contributed by atoms with Crippen LogP contribution in [0.1, 0.15) is 27.2 Å². The lowest BCUT2D eigenvalue weighted by molar-refractivity contribution is 0.0289. The van der Waals surface area contributed by atoms with E-state index in [1.165, 1.54) is 24.3 Å². The molecule has 6 nitrogen and oxygen atoms in total. The van der Waals surface area contributed by atoms with Crippen LogP contribution in [0.4, 0.5) is 4.79 Å². The van der Waals surface area contributed by atoms with Crippen molar-refractivity contribution in [1.29, 1.82) is 0 Å². The molecule has 0 aliphatic carbocycles. The number of benzene rings is 1. The Balaban J connectivity index is 1.97. The monoisotopic (exact) mass is 341 g/mol. The fourth-order valence-corrected chi connectivity index (χ4v) is 4.16. The molecular weight excluding hydrogens is 318 g/mol. The van der Waals surface area contributed by atoms with Gasteiger partial charge in [-0.25, -0.2) is 13.2 Å². The molecule has 1 aliphatic heterocycles. The van der Waals surface area contributed by atoms with Gasteiger partial charge in [-0.05, 0) is 57.4 Å². The van der Waals surface area contributed by atoms with E-state index in [0.29, 0.717) is 19.5 Å². The van der Waals surface area contributed by atoms with Gasteiger partial charge in [0.2, 0.25) is 0 Å². The summed E-state index contributed by atoms with van der Waals surface area (Å²) in [6.07, 6.45) is 0.235. The van der Waals surface area contributed by atoms with Crippen molar-refractivity contribution < 1.29 is 23.1 Å². The molecule has 2 rings (SSSR count). The zero-order valence-electron chi connectivity index (χ0n) is 13.7. The van der Waals surface area contributed by atoms with E-state index in [2.05, 4.69) is 0 Å². The SMILES string of the molecule is CC(C)(C)OC(=O)N1CC[C@H](CS(=O)(=O)c2ccc(O)cc2)C1. The van der Waals surface area contributed by atoms with Crippen LogP contribution in [-0.2, 0) is 14.6 Å². The van der Waals surface area contributed by atoms with Crippen LogP contribution in [0.15, 0.2) is 29.2 Å². The fourth-order valence-electron chi connectivity index (χ4n) is 2.52. The minimum Gasteiger partial charge on any atom is -0.508 e. The Labute approximate surface area is 137 Å². The summed E-state index contributed by atoms with van der Waals surface area (Å²) in [5.41, 5.74) is -0.562. The molecule has 0 saturated carbocycles. The van der Waals surface area contributed by atoms with Gasteiger partial charge in [0.25, 0.3) is 0 Å². The Bertz CT molecular complexity index is 661. The molecule has 0 radical (unpaired) electrons. The van der Waals surface area contributed by atoms with Gasteiger partial charge in [0.05, 0.1) is 10.6 Å². The zero-order chi connectivity index (χ0) is 17.3. The largest absolute Gasteiger partial charge is 0.508 e. The summed E-state index contributed by atoms with van der Waals surface area (Å²) in [5, 5.41) is 9.24. The van der Waals surface area contributed by atoms with Crippen LogP contribution in [0.2, 0.25) is 0 Å². The quantitative estimate of drug-likeness (QED) is 0.913. The Hall–Kier alpha value is -1.76. The molecule has 1 aromatic carbocycles. The summed E-state index contributed by atoms with van der Waals surface area (Å²) in [5.74, 6) is -0.0981. The first-order valence-electron chi connectivity index (χ1n) is 7.56. The first kappa shape index (κ1) is 17.6. The third kappa shape index (κ3) is 4.86. The Kier molecular flexibility index (Phi) is 4.89. The number of rotatable bonds is 3. The standard InChI is InChI=1S/C16H23NO5S/c1-16(2,3)22-15(19)17-9-8-12(10-17)11-23(20,21)14-6-4-13(18)5-7-14/h4-7,12,18H,8-11H2,1-3H3/t12-/m0/s1. The molecule has 0 aromatic heterocycles. The van der Waals surface area contributed by atoms with Gasteiger partial charge >= 0.3 is 6.09 Å². The number of carbonyl (C=O) groups is 1. The van der Waals surface area contributed by atoms with E-state index in [0.717, 1.165) is 0 Å². The predicted octanol–water partition coefficient (Wildman–Crippen LogP) is 2.42. The highest BCUT2D eigenvalue weighted by molar-refractivity contribution is 7.91. The second-order valence-corrected chi connectivity index (χ2v) is 8.89.